The molecule has 1 N–H and O–H groups in total. The average Bonchev–Trinajstić information content (AvgIpc) is 3.14. The number of halogens is 1. The summed E-state index contributed by atoms with van der Waals surface area (Å²) in [5.41, 5.74) is 5.65. The van der Waals surface area contributed by atoms with E-state index in [9.17, 15) is 19.1 Å². The molecular weight excluding hydrogens is 421 g/mol. The molecule has 3 aromatic rings. The molecule has 0 radical (unpaired) electrons. The van der Waals surface area contributed by atoms with E-state index in [1.807, 2.05) is 36.4 Å². The van der Waals surface area contributed by atoms with Gasteiger partial charge in [-0.1, -0.05) is 72.8 Å². The fourth-order valence-corrected chi connectivity index (χ4v) is 4.36. The van der Waals surface area contributed by atoms with Gasteiger partial charge in [-0.15, -0.1) is 0 Å². The van der Waals surface area contributed by atoms with Crippen LogP contribution in [0.4, 0.5) is 9.18 Å². The van der Waals surface area contributed by atoms with Crippen LogP contribution in [0.1, 0.15) is 41.3 Å². The second-order valence-electron chi connectivity index (χ2n) is 8.33. The lowest BCUT2D eigenvalue weighted by Crippen LogP contribution is -2.44. The van der Waals surface area contributed by atoms with Gasteiger partial charge in [0.15, 0.2) is 0 Å². The number of aliphatic carboxylic acids is 1. The zero-order chi connectivity index (χ0) is 23.5. The third-order valence-electron chi connectivity index (χ3n) is 6.24. The topological polar surface area (TPSA) is 66.8 Å². The minimum atomic E-state index is -1.13. The van der Waals surface area contributed by atoms with Gasteiger partial charge < -0.3 is 9.84 Å². The Morgan fingerprint density at radius 1 is 0.970 bits per heavy atom. The Morgan fingerprint density at radius 2 is 1.52 bits per heavy atom. The van der Waals surface area contributed by atoms with Gasteiger partial charge in [-0.25, -0.2) is 14.0 Å². The molecule has 1 aliphatic carbocycles. The predicted molar refractivity (Wildman–Crippen MR) is 124 cm³/mol. The van der Waals surface area contributed by atoms with Crippen LogP contribution in [0, 0.1) is 0 Å². The van der Waals surface area contributed by atoms with Crippen molar-refractivity contribution in [2.24, 2.45) is 0 Å². The summed E-state index contributed by atoms with van der Waals surface area (Å²) in [4.78, 5) is 25.8. The maximum absolute atomic E-state index is 13.4. The molecule has 33 heavy (non-hydrogen) atoms. The Balaban J connectivity index is 1.45. The highest BCUT2D eigenvalue weighted by Crippen LogP contribution is 2.44. The van der Waals surface area contributed by atoms with Crippen LogP contribution in [0.25, 0.3) is 11.1 Å². The summed E-state index contributed by atoms with van der Waals surface area (Å²) < 4.78 is 19.0. The fourth-order valence-electron chi connectivity index (χ4n) is 4.36. The second-order valence-corrected chi connectivity index (χ2v) is 8.33. The van der Waals surface area contributed by atoms with Gasteiger partial charge in [-0.3, -0.25) is 4.90 Å². The van der Waals surface area contributed by atoms with E-state index in [1.165, 1.54) is 14.0 Å². The highest BCUT2D eigenvalue weighted by Gasteiger charge is 2.32. The molecule has 1 aliphatic rings. The molecule has 2 atom stereocenters. The number of amides is 1. The zero-order valence-electron chi connectivity index (χ0n) is 18.6. The first kappa shape index (κ1) is 22.5. The maximum Gasteiger partial charge on any atom is 0.410 e. The first-order chi connectivity index (χ1) is 15.9. The van der Waals surface area contributed by atoms with Crippen LogP contribution in [0.2, 0.25) is 0 Å². The molecule has 5 nitrogen and oxygen atoms in total. The van der Waals surface area contributed by atoms with Crippen molar-refractivity contribution in [2.45, 2.75) is 31.5 Å². The van der Waals surface area contributed by atoms with Crippen molar-refractivity contribution in [3.05, 3.63) is 95.1 Å². The van der Waals surface area contributed by atoms with Crippen LogP contribution in [-0.2, 0) is 16.0 Å². The van der Waals surface area contributed by atoms with Crippen molar-refractivity contribution < 1.29 is 23.8 Å². The van der Waals surface area contributed by atoms with Crippen LogP contribution in [0.3, 0.4) is 0 Å². The van der Waals surface area contributed by atoms with E-state index in [1.54, 1.807) is 24.3 Å². The first-order valence-corrected chi connectivity index (χ1v) is 10.9. The molecule has 6 heteroatoms. The van der Waals surface area contributed by atoms with Crippen molar-refractivity contribution in [1.82, 2.24) is 4.90 Å². The van der Waals surface area contributed by atoms with E-state index in [-0.39, 0.29) is 18.9 Å². The molecule has 4 rings (SSSR count). The second kappa shape index (κ2) is 9.45. The average molecular weight is 448 g/mol. The lowest BCUT2D eigenvalue weighted by Gasteiger charge is -2.25. The van der Waals surface area contributed by atoms with Crippen molar-refractivity contribution in [1.29, 1.82) is 0 Å². The van der Waals surface area contributed by atoms with Crippen molar-refractivity contribution >= 4 is 12.1 Å². The summed E-state index contributed by atoms with van der Waals surface area (Å²) in [5.74, 6) is -1.23. The fraction of sp³-hybridized carbons (Fsp3) is 0.259. The largest absolute Gasteiger partial charge is 0.480 e. The van der Waals surface area contributed by atoms with E-state index in [0.717, 1.165) is 27.2 Å². The molecule has 3 aromatic carbocycles. The molecule has 0 aliphatic heterocycles. The van der Waals surface area contributed by atoms with Crippen molar-refractivity contribution in [3.8, 4) is 11.1 Å². The Bertz CT molecular complexity index is 1110. The normalized spacial score (nSPS) is 14.2. The van der Waals surface area contributed by atoms with E-state index in [4.69, 9.17) is 4.74 Å². The number of rotatable bonds is 7. The minimum absolute atomic E-state index is 0.0942. The van der Waals surface area contributed by atoms with Gasteiger partial charge in [0.05, 0.1) is 0 Å². The van der Waals surface area contributed by atoms with Crippen LogP contribution in [-0.4, -0.2) is 41.8 Å². The number of benzene rings is 3. The SMILES string of the molecule is CC(F)c1ccc(C[C@@H](C(=O)O)N(C)C(=O)OCC2c3ccccc3-c3ccccc32)cc1. The van der Waals surface area contributed by atoms with Crippen LogP contribution in [0.5, 0.6) is 0 Å². The summed E-state index contributed by atoms with van der Waals surface area (Å²) in [5, 5.41) is 9.73. The van der Waals surface area contributed by atoms with E-state index >= 15 is 0 Å². The lowest BCUT2D eigenvalue weighted by atomic mass is 9.98. The highest BCUT2D eigenvalue weighted by molar-refractivity contribution is 5.81. The summed E-state index contributed by atoms with van der Waals surface area (Å²) in [6.07, 6.45) is -1.70. The van der Waals surface area contributed by atoms with E-state index in [0.29, 0.717) is 11.1 Å². The molecule has 0 aromatic heterocycles. The number of hydrogen-bond donors (Lipinski definition) is 1. The molecule has 0 heterocycles. The number of alkyl halides is 1. The number of fused-ring (bicyclic) bond motifs is 3. The third kappa shape index (κ3) is 4.60. The molecule has 1 unspecified atom stereocenters. The van der Waals surface area contributed by atoms with Gasteiger partial charge in [0.1, 0.15) is 18.8 Å². The van der Waals surface area contributed by atoms with Crippen LogP contribution in [0.15, 0.2) is 72.8 Å². The van der Waals surface area contributed by atoms with Gasteiger partial charge in [-0.05, 0) is 40.3 Å². The smallest absolute Gasteiger partial charge is 0.410 e. The minimum Gasteiger partial charge on any atom is -0.480 e. The van der Waals surface area contributed by atoms with Crippen LogP contribution >= 0.6 is 0 Å². The summed E-state index contributed by atoms with van der Waals surface area (Å²) in [6, 6.07) is 21.6. The maximum atomic E-state index is 13.4. The number of nitrogens with zero attached hydrogens (tertiary/aromatic N) is 1. The van der Waals surface area contributed by atoms with Gasteiger partial charge in [0.2, 0.25) is 0 Å². The molecule has 0 bridgehead atoms. The van der Waals surface area contributed by atoms with Crippen LogP contribution < -0.4 is 0 Å². The Hall–Kier alpha value is -3.67. The Morgan fingerprint density at radius 3 is 2.03 bits per heavy atom. The number of carbonyl (C=O) groups excluding carboxylic acids is 1. The molecule has 0 saturated heterocycles. The number of ether oxygens (including phenoxy) is 1. The molecule has 0 spiro atoms. The predicted octanol–water partition coefficient (Wildman–Crippen LogP) is 5.59. The zero-order valence-corrected chi connectivity index (χ0v) is 18.6. The van der Waals surface area contributed by atoms with Crippen molar-refractivity contribution in [3.63, 3.8) is 0 Å². The number of likely N-dealkylation sites (N-methyl/N-ethyl adjacent to an activating group) is 1. The number of carboxylic acid groups (broad SMARTS) is 1. The summed E-state index contributed by atoms with van der Waals surface area (Å²) in [7, 11) is 1.43. The lowest BCUT2D eigenvalue weighted by molar-refractivity contribution is -0.142. The quantitative estimate of drug-likeness (QED) is 0.512. The molecule has 0 fully saturated rings. The Labute approximate surface area is 192 Å². The van der Waals surface area contributed by atoms with Gasteiger partial charge in [-0.2, -0.15) is 0 Å². The first-order valence-electron chi connectivity index (χ1n) is 10.9. The van der Waals surface area contributed by atoms with E-state index in [2.05, 4.69) is 12.1 Å². The molecule has 1 amide bonds. The van der Waals surface area contributed by atoms with Gasteiger partial charge in [0, 0.05) is 19.4 Å². The molecular formula is C27H26FNO4. The van der Waals surface area contributed by atoms with E-state index < -0.39 is 24.3 Å². The number of carboxylic acids is 1. The van der Waals surface area contributed by atoms with Crippen molar-refractivity contribution in [2.75, 3.05) is 13.7 Å². The molecule has 170 valence electrons. The highest BCUT2D eigenvalue weighted by atomic mass is 19.1. The summed E-state index contributed by atoms with van der Waals surface area (Å²) in [6.45, 7) is 1.56. The number of hydrogen-bond acceptors (Lipinski definition) is 3. The van der Waals surface area contributed by atoms with Gasteiger partial charge in [0.25, 0.3) is 0 Å². The monoisotopic (exact) mass is 447 g/mol. The molecule has 0 saturated carbocycles. The number of carbonyl (C=O) groups is 2. The standard InChI is InChI=1S/C27H26FNO4/c1-17(28)19-13-11-18(12-14-19)15-25(26(30)31)29(2)27(32)33-16-24-22-9-5-3-7-20(22)21-8-4-6-10-23(21)24/h3-14,17,24-25H,15-16H2,1-2H3,(H,30,31)/t17?,25-/m0/s1. The summed E-state index contributed by atoms with van der Waals surface area (Å²) >= 11 is 0. The van der Waals surface area contributed by atoms with Gasteiger partial charge >= 0.3 is 12.1 Å². The Kier molecular flexibility index (Phi) is 6.45. The third-order valence-corrected chi connectivity index (χ3v) is 6.24.